The molecule has 0 saturated carbocycles. The molecule has 0 spiro atoms. The van der Waals surface area contributed by atoms with Crippen LogP contribution in [0.5, 0.6) is 5.88 Å². The highest BCUT2D eigenvalue weighted by Gasteiger charge is 2.25. The second kappa shape index (κ2) is 11.1. The van der Waals surface area contributed by atoms with E-state index in [1.165, 1.54) is 35.5 Å². The summed E-state index contributed by atoms with van der Waals surface area (Å²) >= 11 is 12.6. The average Bonchev–Trinajstić information content (AvgIpc) is 3.28. The van der Waals surface area contributed by atoms with Gasteiger partial charge < -0.3 is 19.9 Å². The van der Waals surface area contributed by atoms with Gasteiger partial charge in [-0.15, -0.1) is 0 Å². The molecule has 4 rings (SSSR count). The van der Waals surface area contributed by atoms with Gasteiger partial charge in [0.15, 0.2) is 5.65 Å². The van der Waals surface area contributed by atoms with E-state index in [9.17, 15) is 4.79 Å². The third kappa shape index (κ3) is 5.47. The molecule has 0 saturated heterocycles. The van der Waals surface area contributed by atoms with Crippen LogP contribution in [0.15, 0.2) is 49.1 Å². The number of ether oxygens (including phenoxy) is 2. The summed E-state index contributed by atoms with van der Waals surface area (Å²) in [4.78, 5) is 25.4. The van der Waals surface area contributed by atoms with E-state index in [-0.39, 0.29) is 31.5 Å². The zero-order valence-electron chi connectivity index (χ0n) is 17.9. The Morgan fingerprint density at radius 2 is 1.97 bits per heavy atom. The summed E-state index contributed by atoms with van der Waals surface area (Å²) in [5.41, 5.74) is 1.14. The van der Waals surface area contributed by atoms with E-state index in [2.05, 4.69) is 25.4 Å². The molecule has 13 heteroatoms. The first-order chi connectivity index (χ1) is 17.0. The van der Waals surface area contributed by atoms with Crippen molar-refractivity contribution in [2.75, 3.05) is 25.1 Å². The van der Waals surface area contributed by atoms with Crippen LogP contribution in [0.2, 0.25) is 10.0 Å². The molecule has 4 aromatic rings. The Labute approximate surface area is 208 Å². The van der Waals surface area contributed by atoms with Crippen molar-refractivity contribution < 1.29 is 19.4 Å². The van der Waals surface area contributed by atoms with Gasteiger partial charge in [-0.2, -0.15) is 10.4 Å². The Morgan fingerprint density at radius 3 is 2.66 bits per heavy atom. The Bertz CT molecular complexity index is 1370. The number of para-hydroxylation sites is 1. The maximum absolute atomic E-state index is 12.9. The number of nitrogens with one attached hydrogen (secondary N) is 1. The van der Waals surface area contributed by atoms with Crippen LogP contribution in [0.1, 0.15) is 5.56 Å². The maximum Gasteiger partial charge on any atom is 0.269 e. The lowest BCUT2D eigenvalue weighted by Crippen LogP contribution is -2.37. The van der Waals surface area contributed by atoms with E-state index in [0.717, 1.165) is 0 Å². The summed E-state index contributed by atoms with van der Waals surface area (Å²) < 4.78 is 12.7. The number of amides is 1. The summed E-state index contributed by atoms with van der Waals surface area (Å²) in [6, 6.07) is 10.0. The molecule has 3 aromatic heterocycles. The molecule has 1 atom stereocenters. The molecule has 3 heterocycles. The highest BCUT2D eigenvalue weighted by atomic mass is 35.5. The number of anilines is 1. The van der Waals surface area contributed by atoms with Crippen molar-refractivity contribution in [1.82, 2.24) is 24.7 Å². The number of carbonyl (C=O) groups is 1. The van der Waals surface area contributed by atoms with E-state index < -0.39 is 12.0 Å². The van der Waals surface area contributed by atoms with Crippen molar-refractivity contribution in [1.29, 1.82) is 5.26 Å². The molecular formula is C22H17Cl2N7O4. The van der Waals surface area contributed by atoms with Gasteiger partial charge in [0.2, 0.25) is 12.0 Å². The molecule has 1 amide bonds. The van der Waals surface area contributed by atoms with E-state index in [0.29, 0.717) is 32.3 Å². The van der Waals surface area contributed by atoms with Gasteiger partial charge in [0.1, 0.15) is 29.3 Å². The Kier molecular flexibility index (Phi) is 7.69. The minimum absolute atomic E-state index is 0.00434. The van der Waals surface area contributed by atoms with E-state index in [4.69, 9.17) is 43.0 Å². The first-order valence-electron chi connectivity index (χ1n) is 10.2. The van der Waals surface area contributed by atoms with Crippen molar-refractivity contribution in [3.8, 4) is 17.6 Å². The molecule has 1 aromatic carbocycles. The van der Waals surface area contributed by atoms with Gasteiger partial charge in [-0.25, -0.2) is 19.6 Å². The number of halogens is 2. The number of pyridine rings is 1. The fraction of sp³-hybridized carbons (Fsp3) is 0.182. The first-order valence-corrected chi connectivity index (χ1v) is 10.9. The second-order valence-corrected chi connectivity index (χ2v) is 7.80. The first kappa shape index (κ1) is 24.3. The Morgan fingerprint density at radius 1 is 1.17 bits per heavy atom. The van der Waals surface area contributed by atoms with Crippen LogP contribution in [0.3, 0.4) is 0 Å². The third-order valence-electron chi connectivity index (χ3n) is 4.67. The molecule has 0 radical (unpaired) electrons. The predicted molar refractivity (Wildman–Crippen MR) is 127 cm³/mol. The van der Waals surface area contributed by atoms with E-state index in [1.807, 2.05) is 6.07 Å². The molecule has 0 aliphatic rings. The maximum atomic E-state index is 12.9. The number of rotatable bonds is 9. The van der Waals surface area contributed by atoms with Gasteiger partial charge in [0, 0.05) is 6.20 Å². The van der Waals surface area contributed by atoms with Gasteiger partial charge in [0.05, 0.1) is 41.6 Å². The molecular weight excluding hydrogens is 497 g/mol. The number of aromatic nitrogens is 5. The van der Waals surface area contributed by atoms with E-state index in [1.54, 1.807) is 18.2 Å². The van der Waals surface area contributed by atoms with Crippen molar-refractivity contribution >= 4 is 46.0 Å². The topological polar surface area (TPSA) is 148 Å². The lowest BCUT2D eigenvalue weighted by atomic mass is 10.3. The third-order valence-corrected chi connectivity index (χ3v) is 5.28. The quantitative estimate of drug-likeness (QED) is 0.322. The Hall–Kier alpha value is -3.82. The van der Waals surface area contributed by atoms with Gasteiger partial charge in [-0.05, 0) is 24.3 Å². The number of aliphatic hydroxyl groups excluding tert-OH is 1. The normalized spacial score (nSPS) is 11.7. The van der Waals surface area contributed by atoms with Crippen molar-refractivity contribution in [2.24, 2.45) is 0 Å². The largest absolute Gasteiger partial charge is 0.461 e. The number of nitriles is 1. The van der Waals surface area contributed by atoms with Gasteiger partial charge in [0.25, 0.3) is 5.91 Å². The predicted octanol–water partition coefficient (Wildman–Crippen LogP) is 2.78. The zero-order valence-corrected chi connectivity index (χ0v) is 19.4. The number of aliphatic hydroxyl groups is 1. The summed E-state index contributed by atoms with van der Waals surface area (Å²) in [5, 5.41) is 26.0. The number of benzene rings is 1. The molecule has 0 fully saturated rings. The lowest BCUT2D eigenvalue weighted by Gasteiger charge is -2.18. The molecule has 0 aliphatic carbocycles. The summed E-state index contributed by atoms with van der Waals surface area (Å²) in [7, 11) is 0. The average molecular weight is 514 g/mol. The standard InChI is InChI=1S/C22H17Cl2N7O4/c23-15-2-1-3-16(24)19(15)31-20-14(10-29-31)22(28-12-27-20)35-17(11-34-7-6-32)21(33)30-18-5-4-13(8-25)9-26-18/h1-5,9-10,12,17,32H,6-7,11H2,(H,26,30,33)/t17-/m0/s1. The van der Waals surface area contributed by atoms with E-state index >= 15 is 0 Å². The van der Waals surface area contributed by atoms with Crippen LogP contribution in [0.4, 0.5) is 5.82 Å². The molecule has 178 valence electrons. The van der Waals surface area contributed by atoms with Crippen LogP contribution in [-0.4, -0.2) is 61.7 Å². The van der Waals surface area contributed by atoms with Crippen molar-refractivity contribution in [3.05, 3.63) is 64.7 Å². The van der Waals surface area contributed by atoms with Crippen LogP contribution in [-0.2, 0) is 9.53 Å². The molecule has 0 bridgehead atoms. The number of carbonyl (C=O) groups excluding carboxylic acids is 1. The molecule has 2 N–H and O–H groups in total. The number of nitrogens with zero attached hydrogens (tertiary/aromatic N) is 6. The summed E-state index contributed by atoms with van der Waals surface area (Å²) in [6.45, 7) is -0.405. The van der Waals surface area contributed by atoms with Crippen LogP contribution in [0, 0.1) is 11.3 Å². The van der Waals surface area contributed by atoms with Crippen LogP contribution in [0.25, 0.3) is 16.7 Å². The van der Waals surface area contributed by atoms with Gasteiger partial charge in [-0.3, -0.25) is 4.79 Å². The Balaban J connectivity index is 1.62. The highest BCUT2D eigenvalue weighted by molar-refractivity contribution is 6.37. The van der Waals surface area contributed by atoms with Crippen LogP contribution >= 0.6 is 23.2 Å². The monoisotopic (exact) mass is 513 g/mol. The second-order valence-electron chi connectivity index (χ2n) is 6.98. The minimum atomic E-state index is -1.16. The minimum Gasteiger partial charge on any atom is -0.461 e. The molecule has 0 aliphatic heterocycles. The van der Waals surface area contributed by atoms with Crippen LogP contribution < -0.4 is 10.1 Å². The molecule has 35 heavy (non-hydrogen) atoms. The van der Waals surface area contributed by atoms with Crippen molar-refractivity contribution in [3.63, 3.8) is 0 Å². The smallest absolute Gasteiger partial charge is 0.269 e. The summed E-state index contributed by atoms with van der Waals surface area (Å²) in [5.74, 6) is -0.280. The summed E-state index contributed by atoms with van der Waals surface area (Å²) in [6.07, 6.45) is 2.89. The number of hydrogen-bond donors (Lipinski definition) is 2. The zero-order chi connectivity index (χ0) is 24.8. The van der Waals surface area contributed by atoms with Gasteiger partial charge >= 0.3 is 0 Å². The number of hydrogen-bond acceptors (Lipinski definition) is 9. The molecule has 0 unspecified atom stereocenters. The van der Waals surface area contributed by atoms with Gasteiger partial charge in [-0.1, -0.05) is 29.3 Å². The SMILES string of the molecule is N#Cc1ccc(NC(=O)[C@H](COCCO)Oc2ncnc3c2cnn3-c2c(Cl)cccc2Cl)nc1. The highest BCUT2D eigenvalue weighted by Crippen LogP contribution is 2.31. The lowest BCUT2D eigenvalue weighted by molar-refractivity contribution is -0.125. The number of fused-ring (bicyclic) bond motifs is 1. The fourth-order valence-electron chi connectivity index (χ4n) is 3.07. The van der Waals surface area contributed by atoms with Crippen molar-refractivity contribution in [2.45, 2.75) is 6.10 Å². The fourth-order valence-corrected chi connectivity index (χ4v) is 3.62. The molecule has 11 nitrogen and oxygen atoms in total.